The van der Waals surface area contributed by atoms with Gasteiger partial charge in [-0.05, 0) is 93.5 Å². The molecule has 37 nitrogen and oxygen atoms in total. The van der Waals surface area contributed by atoms with Gasteiger partial charge < -0.3 is 179 Å². The van der Waals surface area contributed by atoms with Crippen LogP contribution >= 0.6 is 0 Å². The maximum Gasteiger partial charge on any atom is 0.314 e. The zero-order valence-electron chi connectivity index (χ0n) is 54.6. The Morgan fingerprint density at radius 1 is 0.404 bits per heavy atom. The highest BCUT2D eigenvalue weighted by atomic mass is 16.8. The lowest BCUT2D eigenvalue weighted by Gasteiger charge is -2.64. The Morgan fingerprint density at radius 3 is 1.20 bits per heavy atom. The van der Waals surface area contributed by atoms with Gasteiger partial charge in [0.05, 0.1) is 56.8 Å². The van der Waals surface area contributed by atoms with Crippen molar-refractivity contribution in [2.75, 3.05) is 39.6 Å². The Bertz CT molecular complexity index is 2700. The molecule has 0 aromatic heterocycles. The first kappa shape index (κ1) is 77.9. The third-order valence-electron chi connectivity index (χ3n) is 23.4. The Hall–Kier alpha value is -2.19. The molecule has 4 aliphatic carbocycles. The first-order valence-electron chi connectivity index (χ1n) is 33.8. The summed E-state index contributed by atoms with van der Waals surface area (Å²) in [6, 6.07) is 0. The number of aliphatic hydroxyl groups excluding tert-OH is 22. The summed E-state index contributed by atoms with van der Waals surface area (Å²) in [5.41, 5.74) is -3.42. The first-order valence-corrected chi connectivity index (χ1v) is 33.8. The first-order chi connectivity index (χ1) is 46.8. The third kappa shape index (κ3) is 14.0. The van der Waals surface area contributed by atoms with Crippen molar-refractivity contribution in [3.05, 3.63) is 12.2 Å². The summed E-state index contributed by atoms with van der Waals surface area (Å²) in [7, 11) is 0. The fourth-order valence-corrected chi connectivity index (χ4v) is 17.9. The summed E-state index contributed by atoms with van der Waals surface area (Å²) in [5, 5.41) is 239. The molecule has 11 rings (SSSR count). The second-order valence-corrected chi connectivity index (χ2v) is 29.2. The van der Waals surface area contributed by atoms with E-state index in [4.69, 9.17) is 66.3 Å². The average molecular weight is 1440 g/mol. The lowest BCUT2D eigenvalue weighted by atomic mass is 9.41. The average Bonchev–Trinajstić information content (AvgIpc) is 1.59. The molecule has 22 N–H and O–H groups in total. The van der Waals surface area contributed by atoms with Crippen molar-refractivity contribution >= 4 is 5.97 Å². The highest BCUT2D eigenvalue weighted by molar-refractivity contribution is 5.77. The maximum atomic E-state index is 15.7. The Morgan fingerprint density at radius 2 is 0.768 bits per heavy atom. The van der Waals surface area contributed by atoms with Crippen molar-refractivity contribution in [1.82, 2.24) is 0 Å². The molecule has 0 aromatic rings. The topological polar surface area (TPSA) is 591 Å². The molecule has 7 heterocycles. The molecule has 37 heteroatoms. The molecule has 7 saturated heterocycles. The van der Waals surface area contributed by atoms with Crippen LogP contribution in [0.2, 0.25) is 0 Å². The van der Waals surface area contributed by atoms with Gasteiger partial charge in [0.15, 0.2) is 43.8 Å². The summed E-state index contributed by atoms with van der Waals surface area (Å²) < 4.78 is 85.3. The summed E-state index contributed by atoms with van der Waals surface area (Å²) in [5.74, 6) is -1.55. The molecule has 0 radical (unpaired) electrons. The molecule has 11 fully saturated rings. The largest absolute Gasteiger partial charge is 0.432 e. The minimum atomic E-state index is -2.15. The predicted octanol–water partition coefficient (Wildman–Crippen LogP) is -10.6. The van der Waals surface area contributed by atoms with E-state index in [1.165, 1.54) is 6.92 Å². The fraction of sp³-hybridized carbons (Fsp3) is 0.952. The van der Waals surface area contributed by atoms with E-state index in [0.29, 0.717) is 44.1 Å². The zero-order chi connectivity index (χ0) is 72.0. The van der Waals surface area contributed by atoms with Gasteiger partial charge in [0.2, 0.25) is 6.29 Å². The van der Waals surface area contributed by atoms with Crippen LogP contribution in [0.1, 0.15) is 78.6 Å². The van der Waals surface area contributed by atoms with Crippen LogP contribution in [0.5, 0.6) is 0 Å². The molecule has 4 saturated carbocycles. The third-order valence-corrected chi connectivity index (χ3v) is 23.4. The standard InChI is InChI=1S/C62H100O37/c1-20-12-61-10-6-28-59(3,29(61)7-11-62(20,19-61)99-57-50(97-54-44(83)40(79)34(73)25(16-66)90-54)48(36(75)27(18-68)92-57)95-53-43(82)39(78)33(72)24(15-65)89-53)8-5-9-60(28,4)58(85)98-56-49(47(35(74)26(17-67)91-56)94-52-42(81)38(77)32(71)23(14-64)88-52)96-55-45(84)46(30(69)21(2)86-55)93-51-41(80)37(76)31(70)22(13-63)87-51/h21-57,63-84H,1,5-19H2,2-4H3. The highest BCUT2D eigenvalue weighted by Crippen LogP contribution is 2.74. The van der Waals surface area contributed by atoms with E-state index in [1.54, 1.807) is 6.92 Å². The molecule has 0 amide bonds. The zero-order valence-corrected chi connectivity index (χ0v) is 54.6. The van der Waals surface area contributed by atoms with Gasteiger partial charge in [0, 0.05) is 0 Å². The minimum absolute atomic E-state index is 0.192. The second kappa shape index (κ2) is 30.6. The minimum Gasteiger partial charge on any atom is -0.432 e. The van der Waals surface area contributed by atoms with Gasteiger partial charge >= 0.3 is 5.97 Å². The maximum absolute atomic E-state index is 15.7. The van der Waals surface area contributed by atoms with Gasteiger partial charge in [0.1, 0.15) is 159 Å². The molecule has 7 aliphatic heterocycles. The van der Waals surface area contributed by atoms with Crippen LogP contribution < -0.4 is 0 Å². The van der Waals surface area contributed by atoms with E-state index < -0.39 is 288 Å². The molecule has 570 valence electrons. The van der Waals surface area contributed by atoms with Gasteiger partial charge in [-0.25, -0.2) is 0 Å². The number of carbonyl (C=O) groups is 1. The molecular formula is C62H100O37. The number of ether oxygens (including phenoxy) is 14. The van der Waals surface area contributed by atoms with Gasteiger partial charge in [-0.3, -0.25) is 4.79 Å². The quantitative estimate of drug-likeness (QED) is 0.0306. The molecule has 11 aliphatic rings. The number of hydrogen-bond acceptors (Lipinski definition) is 37. The normalized spacial score (nSPS) is 54.9. The Labute approximate surface area is 566 Å². The molecular weight excluding hydrogens is 1340 g/mol. The van der Waals surface area contributed by atoms with Crippen LogP contribution in [0.15, 0.2) is 12.2 Å². The van der Waals surface area contributed by atoms with E-state index in [2.05, 4.69) is 13.5 Å². The van der Waals surface area contributed by atoms with E-state index >= 15 is 4.79 Å². The van der Waals surface area contributed by atoms with Gasteiger partial charge in [-0.1, -0.05) is 19.9 Å². The van der Waals surface area contributed by atoms with E-state index in [1.807, 2.05) is 0 Å². The number of fused-ring (bicyclic) bond motifs is 3. The van der Waals surface area contributed by atoms with Crippen LogP contribution in [-0.2, 0) is 71.1 Å². The molecule has 41 atom stereocenters. The summed E-state index contributed by atoms with van der Waals surface area (Å²) >= 11 is 0. The lowest BCUT2D eigenvalue weighted by Crippen LogP contribution is -2.68. The monoisotopic (exact) mass is 1440 g/mol. The summed E-state index contributed by atoms with van der Waals surface area (Å²) in [6.45, 7) is 4.24. The number of esters is 1. The van der Waals surface area contributed by atoms with E-state index in [9.17, 15) is 112 Å². The number of hydrogen-bond donors (Lipinski definition) is 22. The number of carbonyl (C=O) groups excluding carboxylic acids is 1. The second-order valence-electron chi connectivity index (χ2n) is 29.2. The summed E-state index contributed by atoms with van der Waals surface area (Å²) in [4.78, 5) is 15.7. The highest BCUT2D eigenvalue weighted by Gasteiger charge is 2.70. The van der Waals surface area contributed by atoms with Crippen LogP contribution in [0.4, 0.5) is 0 Å². The van der Waals surface area contributed by atoms with E-state index in [-0.39, 0.29) is 25.2 Å². The summed E-state index contributed by atoms with van der Waals surface area (Å²) in [6.07, 6.45) is -61.9. The molecule has 41 unspecified atom stereocenters. The molecule has 99 heavy (non-hydrogen) atoms. The van der Waals surface area contributed by atoms with Crippen LogP contribution in [0, 0.1) is 28.1 Å². The number of aliphatic hydroxyl groups is 22. The smallest absolute Gasteiger partial charge is 0.314 e. The Balaban J connectivity index is 0.867. The predicted molar refractivity (Wildman–Crippen MR) is 316 cm³/mol. The van der Waals surface area contributed by atoms with Crippen molar-refractivity contribution < 1.29 is 183 Å². The molecule has 0 aromatic carbocycles. The molecule has 1 spiro atoms. The van der Waals surface area contributed by atoms with Crippen LogP contribution in [-0.4, -0.2) is 378 Å². The van der Waals surface area contributed by atoms with Gasteiger partial charge in [-0.2, -0.15) is 0 Å². The van der Waals surface area contributed by atoms with Crippen molar-refractivity contribution in [2.24, 2.45) is 28.1 Å². The van der Waals surface area contributed by atoms with Crippen LogP contribution in [0.3, 0.4) is 0 Å². The lowest BCUT2D eigenvalue weighted by molar-refractivity contribution is -0.400. The van der Waals surface area contributed by atoms with Gasteiger partial charge in [-0.15, -0.1) is 0 Å². The van der Waals surface area contributed by atoms with E-state index in [0.717, 1.165) is 0 Å². The Kier molecular flexibility index (Phi) is 24.1. The van der Waals surface area contributed by atoms with Crippen molar-refractivity contribution in [3.8, 4) is 0 Å². The van der Waals surface area contributed by atoms with Crippen molar-refractivity contribution in [3.63, 3.8) is 0 Å². The SMILES string of the molecule is C=C1CC23CCC4C(C)(C(=O)OC5OC(CO)C(O)C(OC6OC(CO)C(O)C(O)C6O)C5OC5OC(C)C(O)C(OC6OC(CO)C(O)C(O)C6O)C5O)CCCC4(C)C2CCC1(OC1OC(CO)C(O)C(OC2OC(CO)C(O)C(O)C2O)C1OC1OC(CO)C(O)C(O)C1O)C3. The fourth-order valence-electron chi connectivity index (χ4n) is 17.9. The van der Waals surface area contributed by atoms with Crippen molar-refractivity contribution in [2.45, 2.75) is 299 Å². The molecule has 2 bridgehead atoms. The number of rotatable bonds is 20. The van der Waals surface area contributed by atoms with Crippen molar-refractivity contribution in [1.29, 1.82) is 0 Å². The van der Waals surface area contributed by atoms with Crippen LogP contribution in [0.25, 0.3) is 0 Å². The van der Waals surface area contributed by atoms with Gasteiger partial charge in [0.25, 0.3) is 0 Å².